The second-order valence-corrected chi connectivity index (χ2v) is 38.9. The van der Waals surface area contributed by atoms with Gasteiger partial charge in [-0.15, -0.1) is 0 Å². The Morgan fingerprint density at radius 2 is 0.781 bits per heavy atom. The maximum absolute atomic E-state index is 13.8. The first-order valence-corrected chi connectivity index (χ1v) is 45.6. The van der Waals surface area contributed by atoms with Gasteiger partial charge in [0.15, 0.2) is 5.78 Å². The van der Waals surface area contributed by atoms with Crippen molar-refractivity contribution in [2.75, 3.05) is 5.75 Å². The monoisotopic (exact) mass is 2040 g/mol. The van der Waals surface area contributed by atoms with Gasteiger partial charge in [0, 0.05) is 66.6 Å². The number of ketones is 1. The number of halogens is 18. The second kappa shape index (κ2) is 41.9. The van der Waals surface area contributed by atoms with E-state index in [9.17, 15) is 48.0 Å². The van der Waals surface area contributed by atoms with E-state index in [0.29, 0.717) is 82.3 Å². The predicted molar refractivity (Wildman–Crippen MR) is 500 cm³/mol. The van der Waals surface area contributed by atoms with E-state index >= 15 is 0 Å². The van der Waals surface area contributed by atoms with E-state index in [4.69, 9.17) is 180 Å². The van der Waals surface area contributed by atoms with E-state index in [-0.39, 0.29) is 58.2 Å². The number of sulfonamides is 1. The number of nitrogens with one attached hydrogen (secondary N) is 3. The van der Waals surface area contributed by atoms with E-state index < -0.39 is 112 Å². The summed E-state index contributed by atoms with van der Waals surface area (Å²) < 4.78 is 139. The molecule has 6 aromatic heterocycles. The molecule has 0 amide bonds. The summed E-state index contributed by atoms with van der Waals surface area (Å²) in [6.45, 7) is 10.5. The minimum Gasteiger partial charge on any atom is -0.370 e. The van der Waals surface area contributed by atoms with Crippen molar-refractivity contribution in [1.82, 2.24) is 44.7 Å². The molecule has 9 heterocycles. The summed E-state index contributed by atoms with van der Waals surface area (Å²) in [5.74, 6) is -4.44. The van der Waals surface area contributed by atoms with Crippen LogP contribution in [0.3, 0.4) is 0 Å². The third-order valence-electron chi connectivity index (χ3n) is 21.4. The molecule has 128 heavy (non-hydrogen) atoms. The summed E-state index contributed by atoms with van der Waals surface area (Å²) in [5, 5.41) is 5.51. The molecule has 20 nitrogen and oxygen atoms in total. The van der Waals surface area contributed by atoms with Gasteiger partial charge in [0.2, 0.25) is 10.0 Å². The number of benzene rings is 6. The molecular formula is C87H75Cl12F6N15O5S3. The number of thiocarbonyl (C=S) groups is 1. The van der Waals surface area contributed by atoms with Crippen molar-refractivity contribution in [3.63, 3.8) is 0 Å². The Balaban J connectivity index is 0.000000160. The van der Waals surface area contributed by atoms with Gasteiger partial charge in [-0.3, -0.25) is 4.79 Å². The van der Waals surface area contributed by atoms with E-state index in [1.165, 1.54) is 104 Å². The van der Waals surface area contributed by atoms with Gasteiger partial charge in [0.05, 0.1) is 80.8 Å². The van der Waals surface area contributed by atoms with Crippen molar-refractivity contribution < 1.29 is 48.0 Å². The molecule has 0 radical (unpaired) electrons. The zero-order valence-corrected chi connectivity index (χ0v) is 79.1. The lowest BCUT2D eigenvalue weighted by molar-refractivity contribution is 0.0899. The Morgan fingerprint density at radius 3 is 1.16 bits per heavy atom. The average molecular weight is 2050 g/mol. The molecule has 6 unspecified atom stereocenters. The number of rotatable bonds is 15. The number of hydrogen-bond acceptors (Lipinski definition) is 17. The van der Waals surface area contributed by atoms with Crippen LogP contribution in [0.2, 0.25) is 61.1 Å². The van der Waals surface area contributed by atoms with Gasteiger partial charge in [-0.1, -0.05) is 218 Å². The molecule has 15 rings (SSSR count). The summed E-state index contributed by atoms with van der Waals surface area (Å²) in [6.07, 6.45) is 9.89. The van der Waals surface area contributed by atoms with Gasteiger partial charge >= 0.3 is 10.2 Å². The number of nitrogens with zero attached hydrogens (tertiary/aromatic N) is 7. The molecule has 13 N–H and O–H groups in total. The van der Waals surface area contributed by atoms with E-state index in [1.54, 1.807) is 125 Å². The third kappa shape index (κ3) is 24.5. The second-order valence-electron chi connectivity index (χ2n) is 30.5. The maximum atomic E-state index is 13.8. The first-order chi connectivity index (χ1) is 59.8. The fraction of sp³-hybridized carbons (Fsp3) is 0.207. The number of carbonyl (C=O) groups is 1. The van der Waals surface area contributed by atoms with Crippen LogP contribution in [0.4, 0.5) is 26.3 Å². The molecule has 41 heteroatoms. The van der Waals surface area contributed by atoms with Crippen LogP contribution in [-0.2, 0) is 53.5 Å². The summed E-state index contributed by atoms with van der Waals surface area (Å²) in [5.41, 5.74) is 32.4. The molecule has 0 spiro atoms. The lowest BCUT2D eigenvalue weighted by Gasteiger charge is -2.32. The standard InChI is InChI=1S/C16H13Cl2FN2S.C15H13Cl2FN2O2S.C14H10Cl2FN3O2S.2C14H14Cl2FN3.C14H11Cl2FN2O/c1-16(10-3-5-14(18)20-8-10)11(7-15(22)21-16)9-2-4-12(17)13(19)6-9;1-15(10-3-5-14(17)19-7-10)11(8-23(21,22)20-15)9-2-4-12(16)13(18)6-9;1-14(9-3-5-12(16)18-7-9)13(19-23(21,22)20-14)8-2-4-10(15)11(17)6-8;2*1-14(19,9-3-5-12(16)20-7-9)13(18)8-2-4-10(15)11(17)6-8;1-14(18,9-3-5-12(16)19-7-9)13(20)8-2-4-10(15)11(17)6-8/h2-6,8,11H,7H2,1H3,(H,21,22);2-7,11,20H,8H2,1H3;2-7,20H,1H3;2*2-7,13H,18-19H2,1H3;2-7H,18H2,1H3/t11-,16+;;;13-,14+;;/m1..1../s1. The van der Waals surface area contributed by atoms with E-state index in [2.05, 4.69) is 49.1 Å². The lowest BCUT2D eigenvalue weighted by atomic mass is 9.78. The Hall–Kier alpha value is -7.87. The number of aromatic nitrogens is 6. The number of pyridine rings is 6. The predicted octanol–water partition coefficient (Wildman–Crippen LogP) is 21.8. The van der Waals surface area contributed by atoms with Crippen molar-refractivity contribution in [3.05, 3.63) is 382 Å². The van der Waals surface area contributed by atoms with Crippen molar-refractivity contribution in [1.29, 1.82) is 0 Å². The number of nitrogens with two attached hydrogens (primary N) is 5. The smallest absolute Gasteiger partial charge is 0.321 e. The zero-order valence-electron chi connectivity index (χ0n) is 67.6. The summed E-state index contributed by atoms with van der Waals surface area (Å²) in [7, 11) is -7.41. The van der Waals surface area contributed by atoms with Gasteiger partial charge < -0.3 is 34.0 Å². The molecule has 3 aliphatic rings. The minimum absolute atomic E-state index is 0.00238. The van der Waals surface area contributed by atoms with Crippen LogP contribution >= 0.6 is 151 Å². The van der Waals surface area contributed by atoms with Crippen molar-refractivity contribution >= 4 is 188 Å². The van der Waals surface area contributed by atoms with Gasteiger partial charge in [-0.25, -0.2) is 69.4 Å². The van der Waals surface area contributed by atoms with Crippen LogP contribution in [0.5, 0.6) is 0 Å². The van der Waals surface area contributed by atoms with Gasteiger partial charge in [0.25, 0.3) is 0 Å². The Labute approximate surface area is 799 Å². The number of hydrogen-bond donors (Lipinski definition) is 8. The molecule has 672 valence electrons. The molecule has 2 saturated heterocycles. The van der Waals surface area contributed by atoms with Crippen LogP contribution in [0.25, 0.3) is 0 Å². The first kappa shape index (κ1) is 102. The molecule has 0 saturated carbocycles. The largest absolute Gasteiger partial charge is 0.370 e. The van der Waals surface area contributed by atoms with Crippen LogP contribution in [0, 0.1) is 34.9 Å². The average Bonchev–Trinajstić information content (AvgIpc) is 1.60. The summed E-state index contributed by atoms with van der Waals surface area (Å²) in [4.78, 5) is 37.1. The first-order valence-electron chi connectivity index (χ1n) is 37.6. The Bertz CT molecular complexity index is 6260. The maximum Gasteiger partial charge on any atom is 0.321 e. The zero-order chi connectivity index (χ0) is 94.3. The lowest BCUT2D eigenvalue weighted by Crippen LogP contribution is -2.44. The van der Waals surface area contributed by atoms with Crippen molar-refractivity contribution in [2.24, 2.45) is 33.1 Å². The van der Waals surface area contributed by atoms with Crippen LogP contribution in [-0.4, -0.2) is 69.0 Å². The topological polar surface area (TPSA) is 341 Å². The molecule has 0 bridgehead atoms. The Kier molecular flexibility index (Phi) is 33.5. The highest BCUT2D eigenvalue weighted by molar-refractivity contribution is 7.89. The van der Waals surface area contributed by atoms with Gasteiger partial charge in [-0.05, 0) is 212 Å². The SMILES string of the molecule is CC(N)(C(=O)c1ccc(Cl)c(F)c1)c1ccc(Cl)nc1.CC(N)(c1ccc(Cl)nc1)C(N)c1ccc(Cl)c(F)c1.CC1(c2ccc(Cl)nc2)NS(=O)(=O)CC1c1ccc(Cl)c(F)c1.CC1(c2ccc(Cl)nc2)NS(=O)(=O)N=C1c1ccc(Cl)c(F)c1.C[C@@]1(c2ccc(Cl)nc2)NC(=S)C[C@@H]1c1ccc(Cl)c(F)c1.C[C@](N)(c1ccc(Cl)nc1)[C@H](N)c1ccc(Cl)c(F)c1. The number of carbonyl (C=O) groups excluding carboxylic acids is 1. The highest BCUT2D eigenvalue weighted by atomic mass is 35.5. The highest BCUT2D eigenvalue weighted by Gasteiger charge is 2.50. The van der Waals surface area contributed by atoms with Crippen LogP contribution in [0.15, 0.2) is 224 Å². The highest BCUT2D eigenvalue weighted by Crippen LogP contribution is 2.47. The fourth-order valence-corrected chi connectivity index (χ4v) is 18.9. The third-order valence-corrected chi connectivity index (χ3v) is 27.4. The fourth-order valence-electron chi connectivity index (χ4n) is 13.9. The minimum atomic E-state index is -3.91. The Morgan fingerprint density at radius 1 is 0.430 bits per heavy atom. The molecular weight excluding hydrogens is 1970 g/mol. The molecule has 6 aromatic carbocycles. The quantitative estimate of drug-likeness (QED) is 0.0205. The van der Waals surface area contributed by atoms with E-state index in [1.807, 2.05) is 19.1 Å². The molecule has 10 atom stereocenters. The van der Waals surface area contributed by atoms with Crippen LogP contribution < -0.4 is 43.4 Å². The molecule has 3 aliphatic heterocycles. The van der Waals surface area contributed by atoms with Gasteiger partial charge in [0.1, 0.15) is 76.9 Å². The molecule has 2 fully saturated rings. The number of Topliss-reactive ketones (excluding diaryl/α,β-unsaturated/α-hetero) is 1. The summed E-state index contributed by atoms with van der Waals surface area (Å²) in [6, 6.07) is 44.7. The summed E-state index contributed by atoms with van der Waals surface area (Å²) >= 11 is 74.1. The molecule has 0 aliphatic carbocycles. The van der Waals surface area contributed by atoms with Crippen molar-refractivity contribution in [2.45, 2.75) is 105 Å². The van der Waals surface area contributed by atoms with Gasteiger partial charge in [-0.2, -0.15) is 17.5 Å². The van der Waals surface area contributed by atoms with Crippen LogP contribution in [0.1, 0.15) is 143 Å². The molecule has 12 aromatic rings. The normalized spacial score (nSPS) is 20.1. The van der Waals surface area contributed by atoms with E-state index in [0.717, 1.165) is 28.2 Å². The van der Waals surface area contributed by atoms with Crippen molar-refractivity contribution in [3.8, 4) is 0 Å².